The van der Waals surface area contributed by atoms with Crippen molar-refractivity contribution in [1.82, 2.24) is 14.9 Å². The molecular formula is C18H21N3O2. The summed E-state index contributed by atoms with van der Waals surface area (Å²) in [5.74, 6) is -1.02. The monoisotopic (exact) mass is 311 g/mol. The summed E-state index contributed by atoms with van der Waals surface area (Å²) in [6.07, 6.45) is 7.07. The van der Waals surface area contributed by atoms with Crippen molar-refractivity contribution in [2.45, 2.75) is 25.8 Å². The fourth-order valence-corrected chi connectivity index (χ4v) is 3.31. The average molecular weight is 311 g/mol. The van der Waals surface area contributed by atoms with E-state index in [1.54, 1.807) is 12.4 Å². The summed E-state index contributed by atoms with van der Waals surface area (Å²) in [6, 6.07) is 7.87. The quantitative estimate of drug-likeness (QED) is 0.940. The van der Waals surface area contributed by atoms with Gasteiger partial charge in [0, 0.05) is 25.1 Å². The molecular weight excluding hydrogens is 290 g/mol. The Balaban J connectivity index is 1.99. The van der Waals surface area contributed by atoms with E-state index in [2.05, 4.69) is 14.9 Å². The first-order valence-electron chi connectivity index (χ1n) is 7.95. The van der Waals surface area contributed by atoms with Gasteiger partial charge >= 0.3 is 5.97 Å². The summed E-state index contributed by atoms with van der Waals surface area (Å²) < 4.78 is 0. The second kappa shape index (κ2) is 6.87. The molecule has 0 amide bonds. The van der Waals surface area contributed by atoms with Crippen molar-refractivity contribution in [3.8, 4) is 0 Å². The van der Waals surface area contributed by atoms with Crippen LogP contribution in [0.2, 0.25) is 0 Å². The SMILES string of the molecule is Cc1cnccc1C(c1ccccn1)N1CCCC(C(=O)O)C1. The van der Waals surface area contributed by atoms with E-state index in [-0.39, 0.29) is 12.0 Å². The van der Waals surface area contributed by atoms with Crippen molar-refractivity contribution in [2.75, 3.05) is 13.1 Å². The van der Waals surface area contributed by atoms with E-state index in [1.807, 2.05) is 37.4 Å². The van der Waals surface area contributed by atoms with Gasteiger partial charge in [-0.05, 0) is 55.6 Å². The van der Waals surface area contributed by atoms with Crippen molar-refractivity contribution >= 4 is 5.97 Å². The number of rotatable bonds is 4. The number of pyridine rings is 2. The molecule has 0 bridgehead atoms. The van der Waals surface area contributed by atoms with Gasteiger partial charge in [-0.2, -0.15) is 0 Å². The van der Waals surface area contributed by atoms with Crippen LogP contribution in [-0.4, -0.2) is 39.0 Å². The van der Waals surface area contributed by atoms with Gasteiger partial charge in [0.05, 0.1) is 17.7 Å². The molecule has 1 aliphatic rings. The molecule has 1 aliphatic heterocycles. The summed E-state index contributed by atoms with van der Waals surface area (Å²) in [6.45, 7) is 3.47. The lowest BCUT2D eigenvalue weighted by atomic mass is 9.92. The summed E-state index contributed by atoms with van der Waals surface area (Å²) in [5, 5.41) is 9.38. The Morgan fingerprint density at radius 3 is 2.91 bits per heavy atom. The predicted octanol–water partition coefficient (Wildman–Crippen LogP) is 2.67. The molecule has 1 N–H and O–H groups in total. The number of hydrogen-bond acceptors (Lipinski definition) is 4. The molecule has 0 saturated carbocycles. The van der Waals surface area contributed by atoms with E-state index in [1.165, 1.54) is 0 Å². The maximum Gasteiger partial charge on any atom is 0.307 e. The number of hydrogen-bond donors (Lipinski definition) is 1. The van der Waals surface area contributed by atoms with E-state index in [4.69, 9.17) is 0 Å². The third kappa shape index (κ3) is 3.40. The molecule has 2 unspecified atom stereocenters. The van der Waals surface area contributed by atoms with Crippen molar-refractivity contribution in [2.24, 2.45) is 5.92 Å². The predicted molar refractivity (Wildman–Crippen MR) is 87.0 cm³/mol. The van der Waals surface area contributed by atoms with Gasteiger partial charge in [-0.3, -0.25) is 19.7 Å². The molecule has 0 aliphatic carbocycles. The molecule has 5 nitrogen and oxygen atoms in total. The van der Waals surface area contributed by atoms with Crippen LogP contribution in [0.25, 0.3) is 0 Å². The molecule has 3 heterocycles. The Morgan fingerprint density at radius 1 is 1.35 bits per heavy atom. The Kier molecular flexibility index (Phi) is 4.67. The van der Waals surface area contributed by atoms with Gasteiger partial charge in [0.15, 0.2) is 0 Å². The smallest absolute Gasteiger partial charge is 0.307 e. The van der Waals surface area contributed by atoms with E-state index < -0.39 is 5.97 Å². The second-order valence-corrected chi connectivity index (χ2v) is 6.06. The van der Waals surface area contributed by atoms with Crippen molar-refractivity contribution in [1.29, 1.82) is 0 Å². The van der Waals surface area contributed by atoms with E-state index in [9.17, 15) is 9.90 Å². The lowest BCUT2D eigenvalue weighted by molar-refractivity contribution is -0.143. The number of aliphatic carboxylic acids is 1. The largest absolute Gasteiger partial charge is 0.481 e. The first-order valence-corrected chi connectivity index (χ1v) is 7.95. The van der Waals surface area contributed by atoms with E-state index >= 15 is 0 Å². The van der Waals surface area contributed by atoms with Gasteiger partial charge in [-0.25, -0.2) is 0 Å². The van der Waals surface area contributed by atoms with E-state index in [0.717, 1.165) is 36.2 Å². The molecule has 1 saturated heterocycles. The highest BCUT2D eigenvalue weighted by Crippen LogP contribution is 2.32. The molecule has 2 aromatic rings. The summed E-state index contributed by atoms with van der Waals surface area (Å²) >= 11 is 0. The molecule has 0 spiro atoms. The molecule has 1 fully saturated rings. The van der Waals surface area contributed by atoms with Crippen LogP contribution < -0.4 is 0 Å². The summed E-state index contributed by atoms with van der Waals surface area (Å²) in [4.78, 5) is 22.4. The van der Waals surface area contributed by atoms with Crippen LogP contribution in [0.4, 0.5) is 0 Å². The Labute approximate surface area is 136 Å². The first kappa shape index (κ1) is 15.6. The number of aryl methyl sites for hydroxylation is 1. The number of likely N-dealkylation sites (tertiary alicyclic amines) is 1. The van der Waals surface area contributed by atoms with Crippen LogP contribution >= 0.6 is 0 Å². The molecule has 5 heteroatoms. The number of carboxylic acid groups (broad SMARTS) is 1. The van der Waals surface area contributed by atoms with Crippen LogP contribution in [0.5, 0.6) is 0 Å². The molecule has 0 aromatic carbocycles. The highest BCUT2D eigenvalue weighted by Gasteiger charge is 2.32. The summed E-state index contributed by atoms with van der Waals surface area (Å²) in [5.41, 5.74) is 3.19. The molecule has 2 aromatic heterocycles. The minimum atomic E-state index is -0.707. The van der Waals surface area contributed by atoms with E-state index in [0.29, 0.717) is 6.54 Å². The number of carbonyl (C=O) groups is 1. The highest BCUT2D eigenvalue weighted by atomic mass is 16.4. The van der Waals surface area contributed by atoms with Gasteiger partial charge in [0.25, 0.3) is 0 Å². The molecule has 120 valence electrons. The topological polar surface area (TPSA) is 66.3 Å². The van der Waals surface area contributed by atoms with Crippen molar-refractivity contribution in [3.63, 3.8) is 0 Å². The lowest BCUT2D eigenvalue weighted by Crippen LogP contribution is -2.41. The normalized spacial score (nSPS) is 20.1. The number of carboxylic acids is 1. The van der Waals surface area contributed by atoms with Gasteiger partial charge in [-0.15, -0.1) is 0 Å². The van der Waals surface area contributed by atoms with Gasteiger partial charge in [0.1, 0.15) is 0 Å². The average Bonchev–Trinajstić information content (AvgIpc) is 2.58. The van der Waals surface area contributed by atoms with Crippen molar-refractivity contribution in [3.05, 3.63) is 59.7 Å². The molecule has 0 radical (unpaired) electrons. The Hall–Kier alpha value is -2.27. The standard InChI is InChI=1S/C18H21N3O2/c1-13-11-19-9-7-15(13)17(16-6-2-3-8-20-16)21-10-4-5-14(12-21)18(22)23/h2-3,6-9,11,14,17H,4-5,10,12H2,1H3,(H,22,23). The Morgan fingerprint density at radius 2 is 2.22 bits per heavy atom. The van der Waals surface area contributed by atoms with Gasteiger partial charge < -0.3 is 5.11 Å². The fraction of sp³-hybridized carbons (Fsp3) is 0.389. The third-order valence-corrected chi connectivity index (χ3v) is 4.49. The van der Waals surface area contributed by atoms with Crippen LogP contribution in [-0.2, 0) is 4.79 Å². The molecule has 3 rings (SSSR count). The molecule has 23 heavy (non-hydrogen) atoms. The lowest BCUT2D eigenvalue weighted by Gasteiger charge is -2.37. The fourth-order valence-electron chi connectivity index (χ4n) is 3.31. The third-order valence-electron chi connectivity index (χ3n) is 4.49. The van der Waals surface area contributed by atoms with Crippen LogP contribution in [0, 0.1) is 12.8 Å². The zero-order valence-corrected chi connectivity index (χ0v) is 13.2. The second-order valence-electron chi connectivity index (χ2n) is 6.06. The van der Waals surface area contributed by atoms with Gasteiger partial charge in [-0.1, -0.05) is 6.07 Å². The molecule has 2 atom stereocenters. The minimum Gasteiger partial charge on any atom is -0.481 e. The maximum absolute atomic E-state index is 11.4. The maximum atomic E-state index is 11.4. The minimum absolute atomic E-state index is 0.0265. The van der Waals surface area contributed by atoms with Crippen LogP contribution in [0.1, 0.15) is 35.7 Å². The Bertz CT molecular complexity index is 675. The van der Waals surface area contributed by atoms with Gasteiger partial charge in [0.2, 0.25) is 0 Å². The first-order chi connectivity index (χ1) is 11.2. The number of nitrogens with zero attached hydrogens (tertiary/aromatic N) is 3. The highest BCUT2D eigenvalue weighted by molar-refractivity contribution is 5.70. The zero-order valence-electron chi connectivity index (χ0n) is 13.2. The summed E-state index contributed by atoms with van der Waals surface area (Å²) in [7, 11) is 0. The van der Waals surface area contributed by atoms with Crippen molar-refractivity contribution < 1.29 is 9.90 Å². The number of aromatic nitrogens is 2. The van der Waals surface area contributed by atoms with Crippen LogP contribution in [0.3, 0.4) is 0 Å². The van der Waals surface area contributed by atoms with Crippen LogP contribution in [0.15, 0.2) is 42.9 Å². The number of piperidine rings is 1. The zero-order chi connectivity index (χ0) is 16.2.